The maximum Gasteiger partial charge on any atom is 0.527 e. The van der Waals surface area contributed by atoms with Gasteiger partial charge in [-0.25, -0.2) is 4.57 Å². The highest BCUT2D eigenvalue weighted by molar-refractivity contribution is 7.47. The summed E-state index contributed by atoms with van der Waals surface area (Å²) in [6, 6.07) is 8.93. The fourth-order valence-corrected chi connectivity index (χ4v) is 3.26. The molecule has 1 N–H and O–H groups in total. The first-order chi connectivity index (χ1) is 13.3. The third-order valence-corrected chi connectivity index (χ3v) is 4.69. The van der Waals surface area contributed by atoms with Gasteiger partial charge in [0.1, 0.15) is 28.6 Å². The van der Waals surface area contributed by atoms with Gasteiger partial charge in [0.25, 0.3) is 0 Å². The summed E-state index contributed by atoms with van der Waals surface area (Å²) in [6.07, 6.45) is 0.576. The number of carbonyl (C=O) groups is 1. The molecule has 1 atom stereocenters. The molecule has 1 unspecified atom stereocenters. The van der Waals surface area contributed by atoms with Crippen molar-refractivity contribution in [1.29, 1.82) is 0 Å². The molecular weight excluding hydrogens is 387 g/mol. The van der Waals surface area contributed by atoms with Crippen molar-refractivity contribution in [2.45, 2.75) is 13.3 Å². The predicted molar refractivity (Wildman–Crippen MR) is 103 cm³/mol. The van der Waals surface area contributed by atoms with E-state index >= 15 is 0 Å². The molecule has 0 saturated carbocycles. The Kier molecular flexibility index (Phi) is 7.45. The molecule has 0 aliphatic heterocycles. The molecule has 2 rings (SSSR count). The second kappa shape index (κ2) is 9.59. The highest BCUT2D eigenvalue weighted by atomic mass is 31.2. The van der Waals surface area contributed by atoms with E-state index in [4.69, 9.17) is 23.3 Å². The van der Waals surface area contributed by atoms with Gasteiger partial charge in [0.05, 0.1) is 27.9 Å². The van der Waals surface area contributed by atoms with Crippen LogP contribution < -0.4 is 18.7 Å². The van der Waals surface area contributed by atoms with Gasteiger partial charge in [0.15, 0.2) is 0 Å². The molecular formula is C19H23O8P. The Morgan fingerprint density at radius 3 is 2.00 bits per heavy atom. The zero-order valence-corrected chi connectivity index (χ0v) is 17.0. The van der Waals surface area contributed by atoms with Crippen LogP contribution in [0.1, 0.15) is 29.3 Å². The Bertz CT molecular complexity index is 838. The van der Waals surface area contributed by atoms with Crippen molar-refractivity contribution in [3.8, 4) is 23.0 Å². The first kappa shape index (κ1) is 21.8. The van der Waals surface area contributed by atoms with Gasteiger partial charge in [-0.3, -0.25) is 14.2 Å². The highest BCUT2D eigenvalue weighted by Gasteiger charge is 2.24. The van der Waals surface area contributed by atoms with E-state index in [0.29, 0.717) is 29.2 Å². The molecule has 28 heavy (non-hydrogen) atoms. The third kappa shape index (κ3) is 5.25. The lowest BCUT2D eigenvalue weighted by Crippen LogP contribution is -2.07. The SMILES string of the molecule is CCCOP(=O)(O)Oc1ccc(C(=O)c2c(OC)cc(OC)cc2OC)cc1. The quantitative estimate of drug-likeness (QED) is 0.466. The first-order valence-electron chi connectivity index (χ1n) is 8.46. The normalized spacial score (nSPS) is 12.8. The number of ketones is 1. The van der Waals surface area contributed by atoms with Gasteiger partial charge in [-0.05, 0) is 30.7 Å². The summed E-state index contributed by atoms with van der Waals surface area (Å²) in [4.78, 5) is 22.6. The number of carbonyl (C=O) groups excluding carboxylic acids is 1. The van der Waals surface area contributed by atoms with Crippen LogP contribution in [-0.2, 0) is 9.09 Å². The standard InChI is InChI=1S/C19H23O8P/c1-5-10-26-28(21,22)27-14-8-6-13(7-9-14)19(20)18-16(24-3)11-15(23-2)12-17(18)25-4/h6-9,11-12H,5,10H2,1-4H3,(H,21,22). The van der Waals surface area contributed by atoms with E-state index in [0.717, 1.165) is 0 Å². The summed E-state index contributed by atoms with van der Waals surface area (Å²) in [5.41, 5.74) is 0.551. The Morgan fingerprint density at radius 2 is 1.54 bits per heavy atom. The zero-order chi connectivity index (χ0) is 20.7. The number of methoxy groups -OCH3 is 3. The van der Waals surface area contributed by atoms with Crippen LogP contribution in [0.25, 0.3) is 0 Å². The van der Waals surface area contributed by atoms with Crippen LogP contribution in [0.15, 0.2) is 36.4 Å². The number of rotatable bonds is 10. The van der Waals surface area contributed by atoms with Crippen LogP contribution in [0.5, 0.6) is 23.0 Å². The summed E-state index contributed by atoms with van der Waals surface area (Å²) in [5, 5.41) is 0. The number of benzene rings is 2. The van der Waals surface area contributed by atoms with Crippen molar-refractivity contribution in [2.24, 2.45) is 0 Å². The van der Waals surface area contributed by atoms with E-state index in [1.807, 2.05) is 6.92 Å². The topological polar surface area (TPSA) is 101 Å². The van der Waals surface area contributed by atoms with Crippen LogP contribution in [0, 0.1) is 0 Å². The van der Waals surface area contributed by atoms with E-state index in [1.165, 1.54) is 45.6 Å². The molecule has 2 aromatic rings. The summed E-state index contributed by atoms with van der Waals surface area (Å²) in [5.74, 6) is 0.841. The van der Waals surface area contributed by atoms with Gasteiger partial charge in [0, 0.05) is 17.7 Å². The number of hydrogen-bond donors (Lipinski definition) is 1. The van der Waals surface area contributed by atoms with Crippen molar-refractivity contribution in [3.63, 3.8) is 0 Å². The highest BCUT2D eigenvalue weighted by Crippen LogP contribution is 2.44. The molecule has 0 aliphatic rings. The lowest BCUT2D eigenvalue weighted by Gasteiger charge is -2.15. The monoisotopic (exact) mass is 410 g/mol. The molecule has 0 heterocycles. The van der Waals surface area contributed by atoms with E-state index < -0.39 is 7.82 Å². The summed E-state index contributed by atoms with van der Waals surface area (Å²) >= 11 is 0. The minimum atomic E-state index is -4.20. The van der Waals surface area contributed by atoms with Crippen LogP contribution >= 0.6 is 7.82 Å². The summed E-state index contributed by atoms with van der Waals surface area (Å²) < 4.78 is 37.4. The Labute approximate surface area is 163 Å². The Hall–Kier alpha value is -2.54. The Balaban J connectivity index is 2.29. The predicted octanol–water partition coefficient (Wildman–Crippen LogP) is 3.85. The molecule has 0 aliphatic carbocycles. The molecule has 8 nitrogen and oxygen atoms in total. The van der Waals surface area contributed by atoms with Crippen LogP contribution in [0.2, 0.25) is 0 Å². The molecule has 0 amide bonds. The van der Waals surface area contributed by atoms with E-state index in [9.17, 15) is 14.3 Å². The van der Waals surface area contributed by atoms with Crippen molar-refractivity contribution in [1.82, 2.24) is 0 Å². The van der Waals surface area contributed by atoms with E-state index in [-0.39, 0.29) is 23.7 Å². The van der Waals surface area contributed by atoms with E-state index in [1.54, 1.807) is 12.1 Å². The first-order valence-corrected chi connectivity index (χ1v) is 9.96. The summed E-state index contributed by atoms with van der Waals surface area (Å²) in [7, 11) is 0.180. The maximum absolute atomic E-state index is 13.0. The molecule has 2 aromatic carbocycles. The fraction of sp³-hybridized carbons (Fsp3) is 0.316. The van der Waals surface area contributed by atoms with Gasteiger partial charge >= 0.3 is 7.82 Å². The van der Waals surface area contributed by atoms with Crippen molar-refractivity contribution in [2.75, 3.05) is 27.9 Å². The second-order valence-electron chi connectivity index (χ2n) is 5.65. The third-order valence-electron chi connectivity index (χ3n) is 3.74. The number of hydrogen-bond acceptors (Lipinski definition) is 7. The van der Waals surface area contributed by atoms with Crippen molar-refractivity contribution >= 4 is 13.6 Å². The van der Waals surface area contributed by atoms with Crippen molar-refractivity contribution in [3.05, 3.63) is 47.5 Å². The molecule has 152 valence electrons. The van der Waals surface area contributed by atoms with Gasteiger partial charge in [-0.1, -0.05) is 6.92 Å². The average molecular weight is 410 g/mol. The smallest absolute Gasteiger partial charge is 0.496 e. The summed E-state index contributed by atoms with van der Waals surface area (Å²) in [6.45, 7) is 1.91. The minimum absolute atomic E-state index is 0.0986. The number of phosphoric ester groups is 1. The largest absolute Gasteiger partial charge is 0.527 e. The fourth-order valence-electron chi connectivity index (χ4n) is 2.41. The zero-order valence-electron chi connectivity index (χ0n) is 16.1. The number of phosphoric acid groups is 1. The maximum atomic E-state index is 13.0. The molecule has 0 saturated heterocycles. The minimum Gasteiger partial charge on any atom is -0.496 e. The van der Waals surface area contributed by atoms with Gasteiger partial charge < -0.3 is 18.7 Å². The van der Waals surface area contributed by atoms with Crippen LogP contribution in [-0.4, -0.2) is 38.6 Å². The van der Waals surface area contributed by atoms with Crippen molar-refractivity contribution < 1.29 is 37.5 Å². The average Bonchev–Trinajstić information content (AvgIpc) is 2.70. The van der Waals surface area contributed by atoms with Gasteiger partial charge in [-0.15, -0.1) is 0 Å². The van der Waals surface area contributed by atoms with Gasteiger partial charge in [0.2, 0.25) is 5.78 Å². The molecule has 9 heteroatoms. The molecule has 0 aromatic heterocycles. The lowest BCUT2D eigenvalue weighted by molar-refractivity contribution is 0.103. The van der Waals surface area contributed by atoms with Gasteiger partial charge in [-0.2, -0.15) is 0 Å². The van der Waals surface area contributed by atoms with E-state index in [2.05, 4.69) is 0 Å². The molecule has 0 radical (unpaired) electrons. The Morgan fingerprint density at radius 1 is 0.964 bits per heavy atom. The number of ether oxygens (including phenoxy) is 3. The van der Waals surface area contributed by atoms with Crippen LogP contribution in [0.4, 0.5) is 0 Å². The molecule has 0 fully saturated rings. The lowest BCUT2D eigenvalue weighted by atomic mass is 10.0. The van der Waals surface area contributed by atoms with Crippen LogP contribution in [0.3, 0.4) is 0 Å². The molecule has 0 spiro atoms. The second-order valence-corrected chi connectivity index (χ2v) is 7.03. The molecule has 0 bridgehead atoms.